The highest BCUT2D eigenvalue weighted by molar-refractivity contribution is 6.37. The van der Waals surface area contributed by atoms with E-state index in [-0.39, 0.29) is 17.4 Å². The summed E-state index contributed by atoms with van der Waals surface area (Å²) in [6.45, 7) is 2.33. The van der Waals surface area contributed by atoms with Gasteiger partial charge < -0.3 is 9.97 Å². The van der Waals surface area contributed by atoms with Crippen molar-refractivity contribution in [1.82, 2.24) is 14.9 Å². The molecule has 0 aliphatic carbocycles. The maximum atomic E-state index is 12.6. The fraction of sp³-hybridized carbons (Fsp3) is 0.174. The number of hydrogen-bond donors (Lipinski definition) is 2. The van der Waals surface area contributed by atoms with E-state index in [1.165, 1.54) is 11.0 Å². The molecule has 2 aromatic heterocycles. The Labute approximate surface area is 176 Å². The Morgan fingerprint density at radius 2 is 1.53 bits per heavy atom. The number of amides is 2. The molecule has 2 N–H and O–H groups in total. The Hall–Kier alpha value is -3.38. The van der Waals surface area contributed by atoms with E-state index in [2.05, 4.69) is 9.97 Å². The van der Waals surface area contributed by atoms with Crippen molar-refractivity contribution >= 4 is 45.2 Å². The molecule has 4 aromatic rings. The molecule has 0 saturated carbocycles. The molecule has 3 heterocycles. The van der Waals surface area contributed by atoms with Gasteiger partial charge in [0.1, 0.15) is 0 Å². The molecule has 150 valence electrons. The van der Waals surface area contributed by atoms with E-state index in [4.69, 9.17) is 11.6 Å². The molecule has 0 radical (unpaired) electrons. The first-order valence-electron chi connectivity index (χ1n) is 9.73. The number of carbonyl (C=O) groups excluding carboxylic acids is 2. The van der Waals surface area contributed by atoms with Crippen LogP contribution in [-0.2, 0) is 6.42 Å². The number of benzene rings is 2. The molecule has 7 heteroatoms. The Morgan fingerprint density at radius 3 is 2.20 bits per heavy atom. The summed E-state index contributed by atoms with van der Waals surface area (Å²) in [5.74, 6) is -0.477. The molecule has 0 spiro atoms. The Kier molecular flexibility index (Phi) is 4.25. The minimum absolute atomic E-state index is 0.239. The van der Waals surface area contributed by atoms with Gasteiger partial charge in [0.2, 0.25) is 5.56 Å². The summed E-state index contributed by atoms with van der Waals surface area (Å²) in [7, 11) is 0. The number of nitrogens with one attached hydrogen (secondary N) is 2. The second-order valence-corrected chi connectivity index (χ2v) is 7.94. The van der Waals surface area contributed by atoms with Crippen LogP contribution in [0.1, 0.15) is 38.4 Å². The number of fused-ring (bicyclic) bond motifs is 4. The van der Waals surface area contributed by atoms with Crippen LogP contribution in [0.15, 0.2) is 47.3 Å². The highest BCUT2D eigenvalue weighted by atomic mass is 35.5. The van der Waals surface area contributed by atoms with Gasteiger partial charge in [0.15, 0.2) is 0 Å². The summed E-state index contributed by atoms with van der Waals surface area (Å²) < 4.78 is 0. The number of halogens is 1. The Balaban J connectivity index is 1.46. The minimum atomic E-state index is -0.244. The Bertz CT molecular complexity index is 1380. The van der Waals surface area contributed by atoms with Crippen molar-refractivity contribution in [2.24, 2.45) is 0 Å². The number of hydrogen-bond acceptors (Lipinski definition) is 3. The predicted octanol–water partition coefficient (Wildman–Crippen LogP) is 4.20. The van der Waals surface area contributed by atoms with Gasteiger partial charge in [-0.15, -0.1) is 0 Å². The number of aromatic nitrogens is 2. The number of rotatable bonds is 4. The van der Waals surface area contributed by atoms with Gasteiger partial charge in [-0.2, -0.15) is 0 Å². The molecule has 0 saturated heterocycles. The van der Waals surface area contributed by atoms with Crippen LogP contribution in [0.5, 0.6) is 0 Å². The average molecular weight is 420 g/mol. The maximum absolute atomic E-state index is 12.6. The quantitative estimate of drug-likeness (QED) is 0.486. The van der Waals surface area contributed by atoms with E-state index in [1.54, 1.807) is 24.3 Å². The molecule has 2 amide bonds. The SMILES string of the molecule is Cc1[nH]c2ccc3[nH]c(=O)cc(Cl)c3c2c1CCCN1C(=O)c2ccccc2C1=O. The first-order valence-corrected chi connectivity index (χ1v) is 10.1. The standard InChI is InChI=1S/C23H18ClN3O3/c1-12-13(7-4-10-27-22(29)14-5-2-3-6-15(14)23(27)30)20-17(25-12)8-9-18-21(20)16(24)11-19(28)26-18/h2-3,5-6,8-9,11,25H,4,7,10H2,1H3,(H,26,28). The fourth-order valence-corrected chi connectivity index (χ4v) is 4.66. The number of aromatic amines is 2. The molecule has 5 rings (SSSR count). The zero-order valence-electron chi connectivity index (χ0n) is 16.2. The first-order chi connectivity index (χ1) is 14.5. The zero-order chi connectivity index (χ0) is 21.0. The highest BCUT2D eigenvalue weighted by Gasteiger charge is 2.34. The van der Waals surface area contributed by atoms with Crippen LogP contribution in [0.4, 0.5) is 0 Å². The Morgan fingerprint density at radius 1 is 0.900 bits per heavy atom. The third-order valence-corrected chi connectivity index (χ3v) is 6.02. The van der Waals surface area contributed by atoms with Crippen molar-refractivity contribution in [3.8, 4) is 0 Å². The van der Waals surface area contributed by atoms with Crippen LogP contribution < -0.4 is 5.56 Å². The molecule has 0 unspecified atom stereocenters. The lowest BCUT2D eigenvalue weighted by Crippen LogP contribution is -2.31. The van der Waals surface area contributed by atoms with Gasteiger partial charge in [-0.3, -0.25) is 19.3 Å². The van der Waals surface area contributed by atoms with Gasteiger partial charge in [-0.1, -0.05) is 23.7 Å². The van der Waals surface area contributed by atoms with E-state index in [9.17, 15) is 14.4 Å². The molecule has 30 heavy (non-hydrogen) atoms. The molecule has 1 aliphatic heterocycles. The summed E-state index contributed by atoms with van der Waals surface area (Å²) in [6, 6.07) is 12.1. The van der Waals surface area contributed by atoms with Crippen LogP contribution in [0.25, 0.3) is 21.8 Å². The van der Waals surface area contributed by atoms with E-state index >= 15 is 0 Å². The number of aryl methyl sites for hydroxylation is 2. The molecule has 0 atom stereocenters. The van der Waals surface area contributed by atoms with Crippen molar-refractivity contribution in [2.75, 3.05) is 6.54 Å². The van der Waals surface area contributed by atoms with Crippen molar-refractivity contribution in [3.63, 3.8) is 0 Å². The molecule has 6 nitrogen and oxygen atoms in total. The van der Waals surface area contributed by atoms with Crippen molar-refractivity contribution < 1.29 is 9.59 Å². The first kappa shape index (κ1) is 18.6. The molecule has 2 aromatic carbocycles. The lowest BCUT2D eigenvalue weighted by Gasteiger charge is -2.14. The second-order valence-electron chi connectivity index (χ2n) is 7.53. The van der Waals surface area contributed by atoms with Crippen LogP contribution in [-0.4, -0.2) is 33.2 Å². The van der Waals surface area contributed by atoms with E-state index in [0.29, 0.717) is 41.1 Å². The number of H-pyrrole nitrogens is 2. The van der Waals surface area contributed by atoms with E-state index in [1.807, 2.05) is 19.1 Å². The van der Waals surface area contributed by atoms with Gasteiger partial charge in [0.25, 0.3) is 11.8 Å². The molecular formula is C23H18ClN3O3. The van der Waals surface area contributed by atoms with Crippen LogP contribution >= 0.6 is 11.6 Å². The summed E-state index contributed by atoms with van der Waals surface area (Å²) in [5, 5.41) is 2.17. The number of carbonyl (C=O) groups is 2. The maximum Gasteiger partial charge on any atom is 0.261 e. The summed E-state index contributed by atoms with van der Waals surface area (Å²) >= 11 is 6.42. The second kappa shape index (κ2) is 6.85. The van der Waals surface area contributed by atoms with Crippen molar-refractivity contribution in [1.29, 1.82) is 0 Å². The highest BCUT2D eigenvalue weighted by Crippen LogP contribution is 2.34. The van der Waals surface area contributed by atoms with Gasteiger partial charge in [0.05, 0.1) is 21.7 Å². The number of nitrogens with zero attached hydrogens (tertiary/aromatic N) is 1. The molecular weight excluding hydrogens is 402 g/mol. The third kappa shape index (κ3) is 2.75. The largest absolute Gasteiger partial charge is 0.358 e. The van der Waals surface area contributed by atoms with Crippen molar-refractivity contribution in [3.05, 3.63) is 80.2 Å². The number of imide groups is 1. The van der Waals surface area contributed by atoms with Gasteiger partial charge >= 0.3 is 0 Å². The smallest absolute Gasteiger partial charge is 0.261 e. The lowest BCUT2D eigenvalue weighted by molar-refractivity contribution is 0.0652. The number of pyridine rings is 1. The molecule has 0 bridgehead atoms. The summed E-state index contributed by atoms with van der Waals surface area (Å²) in [6.07, 6.45) is 1.28. The van der Waals surface area contributed by atoms with E-state index in [0.717, 1.165) is 27.5 Å². The fourth-order valence-electron chi connectivity index (χ4n) is 4.36. The van der Waals surface area contributed by atoms with Crippen molar-refractivity contribution in [2.45, 2.75) is 19.8 Å². The summed E-state index contributed by atoms with van der Waals surface area (Å²) in [4.78, 5) is 44.5. The van der Waals surface area contributed by atoms with Gasteiger partial charge in [-0.25, -0.2) is 0 Å². The monoisotopic (exact) mass is 419 g/mol. The average Bonchev–Trinajstić information content (AvgIpc) is 3.16. The third-order valence-electron chi connectivity index (χ3n) is 5.72. The van der Waals surface area contributed by atoms with E-state index < -0.39 is 0 Å². The molecule has 1 aliphatic rings. The topological polar surface area (TPSA) is 86.0 Å². The zero-order valence-corrected chi connectivity index (χ0v) is 17.0. The van der Waals surface area contributed by atoms with Crippen LogP contribution in [0.2, 0.25) is 5.02 Å². The van der Waals surface area contributed by atoms with Gasteiger partial charge in [-0.05, 0) is 49.6 Å². The normalized spacial score (nSPS) is 13.6. The summed E-state index contributed by atoms with van der Waals surface area (Å²) in [5.41, 5.74) is 4.37. The van der Waals surface area contributed by atoms with Gasteiger partial charge in [0, 0.05) is 34.6 Å². The molecule has 0 fully saturated rings. The lowest BCUT2D eigenvalue weighted by atomic mass is 10.0. The van der Waals surface area contributed by atoms with Crippen LogP contribution in [0.3, 0.4) is 0 Å². The van der Waals surface area contributed by atoms with Crippen LogP contribution in [0, 0.1) is 6.92 Å². The predicted molar refractivity (Wildman–Crippen MR) is 116 cm³/mol. The minimum Gasteiger partial charge on any atom is -0.358 e.